The highest BCUT2D eigenvalue weighted by atomic mass is 35.5. The molecule has 0 aromatic carbocycles. The Hall–Kier alpha value is -0.540. The maximum Gasteiger partial charge on any atom is 0.0534 e. The van der Waals surface area contributed by atoms with Crippen molar-refractivity contribution in [3.63, 3.8) is 0 Å². The van der Waals surface area contributed by atoms with Crippen LogP contribution in [0.2, 0.25) is 0 Å². The van der Waals surface area contributed by atoms with Crippen LogP contribution in [0.5, 0.6) is 0 Å². The van der Waals surface area contributed by atoms with Crippen molar-refractivity contribution >= 4 is 11.6 Å². The fourth-order valence-electron chi connectivity index (χ4n) is 1.22. The summed E-state index contributed by atoms with van der Waals surface area (Å²) < 4.78 is 1.94. The van der Waals surface area contributed by atoms with Crippen molar-refractivity contribution in [1.82, 2.24) is 14.7 Å². The van der Waals surface area contributed by atoms with E-state index in [1.807, 2.05) is 10.9 Å². The van der Waals surface area contributed by atoms with Crippen LogP contribution in [0.15, 0.2) is 12.4 Å². The van der Waals surface area contributed by atoms with Crippen LogP contribution >= 0.6 is 11.6 Å². The summed E-state index contributed by atoms with van der Waals surface area (Å²) in [6, 6.07) is 0.404. The van der Waals surface area contributed by atoms with Gasteiger partial charge in [0.1, 0.15) is 0 Å². The van der Waals surface area contributed by atoms with Gasteiger partial charge in [-0.3, -0.25) is 9.58 Å². The molecule has 80 valence electrons. The second-order valence-electron chi connectivity index (χ2n) is 3.62. The van der Waals surface area contributed by atoms with Crippen LogP contribution in [0, 0.1) is 0 Å². The molecule has 0 bridgehead atoms. The van der Waals surface area contributed by atoms with Gasteiger partial charge in [0.05, 0.1) is 6.20 Å². The molecule has 0 fully saturated rings. The number of hydrogen-bond acceptors (Lipinski definition) is 2. The van der Waals surface area contributed by atoms with E-state index < -0.39 is 0 Å². The highest BCUT2D eigenvalue weighted by Gasteiger charge is 2.08. The number of rotatable bonds is 5. The SMILES string of the molecule is CCn1cc(CN(C)C(C)CCl)cn1. The Kier molecular flexibility index (Phi) is 4.42. The number of aryl methyl sites for hydroxylation is 1. The molecule has 1 heterocycles. The Morgan fingerprint density at radius 1 is 1.64 bits per heavy atom. The second-order valence-corrected chi connectivity index (χ2v) is 3.93. The first-order valence-electron chi connectivity index (χ1n) is 4.95. The summed E-state index contributed by atoms with van der Waals surface area (Å²) in [4.78, 5) is 2.23. The molecule has 3 nitrogen and oxygen atoms in total. The third-order valence-electron chi connectivity index (χ3n) is 2.42. The van der Waals surface area contributed by atoms with Crippen LogP contribution in [0.3, 0.4) is 0 Å². The van der Waals surface area contributed by atoms with Crippen molar-refractivity contribution in [2.75, 3.05) is 12.9 Å². The summed E-state index contributed by atoms with van der Waals surface area (Å²) >= 11 is 5.78. The van der Waals surface area contributed by atoms with Crippen LogP contribution in [0.1, 0.15) is 19.4 Å². The third-order valence-corrected chi connectivity index (χ3v) is 2.87. The van der Waals surface area contributed by atoms with Crippen LogP contribution in [-0.2, 0) is 13.1 Å². The zero-order valence-electron chi connectivity index (χ0n) is 9.07. The molecule has 1 atom stereocenters. The molecule has 1 aromatic rings. The minimum absolute atomic E-state index is 0.404. The molecule has 0 amide bonds. The van der Waals surface area contributed by atoms with Crippen molar-refractivity contribution in [1.29, 1.82) is 0 Å². The van der Waals surface area contributed by atoms with Crippen molar-refractivity contribution in [3.05, 3.63) is 18.0 Å². The lowest BCUT2D eigenvalue weighted by atomic mass is 10.3. The van der Waals surface area contributed by atoms with E-state index >= 15 is 0 Å². The van der Waals surface area contributed by atoms with Crippen molar-refractivity contribution in [3.8, 4) is 0 Å². The van der Waals surface area contributed by atoms with Gasteiger partial charge in [0.15, 0.2) is 0 Å². The third kappa shape index (κ3) is 3.00. The monoisotopic (exact) mass is 215 g/mol. The lowest BCUT2D eigenvalue weighted by molar-refractivity contribution is 0.268. The molecule has 0 N–H and O–H groups in total. The summed E-state index contributed by atoms with van der Waals surface area (Å²) in [5, 5.41) is 4.23. The Labute approximate surface area is 90.7 Å². The first-order valence-corrected chi connectivity index (χ1v) is 5.48. The molecule has 4 heteroatoms. The molecule has 0 aliphatic rings. The van der Waals surface area contributed by atoms with E-state index in [2.05, 4.69) is 37.1 Å². The van der Waals surface area contributed by atoms with Gasteiger partial charge in [0.2, 0.25) is 0 Å². The topological polar surface area (TPSA) is 21.1 Å². The lowest BCUT2D eigenvalue weighted by Gasteiger charge is -2.21. The van der Waals surface area contributed by atoms with Gasteiger partial charge < -0.3 is 0 Å². The highest BCUT2D eigenvalue weighted by Crippen LogP contribution is 2.06. The maximum atomic E-state index is 5.78. The first kappa shape index (κ1) is 11.5. The number of alkyl halides is 1. The number of halogens is 1. The molecule has 0 spiro atoms. The Bertz CT molecular complexity index is 272. The van der Waals surface area contributed by atoms with Crippen LogP contribution in [0.25, 0.3) is 0 Å². The standard InChI is InChI=1S/C10H18ClN3/c1-4-14-8-10(6-12-14)7-13(3)9(2)5-11/h6,8-9H,4-5,7H2,1-3H3. The molecule has 1 unspecified atom stereocenters. The minimum atomic E-state index is 0.404. The van der Waals surface area contributed by atoms with Gasteiger partial charge in [0, 0.05) is 36.8 Å². The maximum absolute atomic E-state index is 5.78. The number of nitrogens with zero attached hydrogens (tertiary/aromatic N) is 3. The summed E-state index contributed by atoms with van der Waals surface area (Å²) in [5.74, 6) is 0.665. The predicted molar refractivity (Wildman–Crippen MR) is 59.6 cm³/mol. The minimum Gasteiger partial charge on any atom is -0.298 e. The Balaban J connectivity index is 2.51. The van der Waals surface area contributed by atoms with Crippen molar-refractivity contribution < 1.29 is 0 Å². The molecular weight excluding hydrogens is 198 g/mol. The molecule has 0 aliphatic heterocycles. The Morgan fingerprint density at radius 3 is 2.86 bits per heavy atom. The van der Waals surface area contributed by atoms with Gasteiger partial charge in [-0.05, 0) is 20.9 Å². The molecule has 0 saturated carbocycles. The molecule has 1 rings (SSSR count). The number of hydrogen-bond donors (Lipinski definition) is 0. The fraction of sp³-hybridized carbons (Fsp3) is 0.700. The average molecular weight is 216 g/mol. The molecule has 0 saturated heterocycles. The summed E-state index contributed by atoms with van der Waals surface area (Å²) in [5.41, 5.74) is 1.24. The van der Waals surface area contributed by atoms with Crippen LogP contribution in [0.4, 0.5) is 0 Å². The van der Waals surface area contributed by atoms with Gasteiger partial charge in [-0.2, -0.15) is 5.10 Å². The quantitative estimate of drug-likeness (QED) is 0.701. The molecule has 14 heavy (non-hydrogen) atoms. The number of aromatic nitrogens is 2. The van der Waals surface area contributed by atoms with Gasteiger partial charge in [-0.1, -0.05) is 0 Å². The molecule has 1 aromatic heterocycles. The van der Waals surface area contributed by atoms with Gasteiger partial charge in [-0.25, -0.2) is 0 Å². The van der Waals surface area contributed by atoms with E-state index in [-0.39, 0.29) is 0 Å². The zero-order chi connectivity index (χ0) is 10.6. The van der Waals surface area contributed by atoms with E-state index in [0.29, 0.717) is 11.9 Å². The van der Waals surface area contributed by atoms with E-state index in [1.54, 1.807) is 0 Å². The Morgan fingerprint density at radius 2 is 2.36 bits per heavy atom. The van der Waals surface area contributed by atoms with Crippen LogP contribution < -0.4 is 0 Å². The highest BCUT2D eigenvalue weighted by molar-refractivity contribution is 6.18. The molecule has 0 radical (unpaired) electrons. The van der Waals surface area contributed by atoms with Gasteiger partial charge >= 0.3 is 0 Å². The van der Waals surface area contributed by atoms with Gasteiger partial charge in [0.25, 0.3) is 0 Å². The average Bonchev–Trinajstić information content (AvgIpc) is 2.64. The summed E-state index contributed by atoms with van der Waals surface area (Å²) in [7, 11) is 2.08. The van der Waals surface area contributed by atoms with Gasteiger partial charge in [-0.15, -0.1) is 11.6 Å². The first-order chi connectivity index (χ1) is 6.67. The fourth-order valence-corrected chi connectivity index (χ4v) is 1.46. The molecule has 0 aliphatic carbocycles. The lowest BCUT2D eigenvalue weighted by Crippen LogP contribution is -2.29. The predicted octanol–water partition coefficient (Wildman–Crippen LogP) is 1.96. The summed E-state index contributed by atoms with van der Waals surface area (Å²) in [6.45, 7) is 6.04. The van der Waals surface area contributed by atoms with Crippen LogP contribution in [-0.4, -0.2) is 33.6 Å². The smallest absolute Gasteiger partial charge is 0.0534 e. The van der Waals surface area contributed by atoms with E-state index in [9.17, 15) is 0 Å². The van der Waals surface area contributed by atoms with E-state index in [0.717, 1.165) is 13.1 Å². The van der Waals surface area contributed by atoms with Crippen molar-refractivity contribution in [2.45, 2.75) is 33.0 Å². The largest absolute Gasteiger partial charge is 0.298 e. The molecular formula is C10H18ClN3. The zero-order valence-corrected chi connectivity index (χ0v) is 9.83. The summed E-state index contributed by atoms with van der Waals surface area (Å²) in [6.07, 6.45) is 4.00. The van der Waals surface area contributed by atoms with E-state index in [4.69, 9.17) is 11.6 Å². The second kappa shape index (κ2) is 5.37. The van der Waals surface area contributed by atoms with E-state index in [1.165, 1.54) is 5.56 Å². The normalized spacial score (nSPS) is 13.5. The van der Waals surface area contributed by atoms with Crippen molar-refractivity contribution in [2.24, 2.45) is 0 Å².